The molecule has 0 radical (unpaired) electrons. The number of sulfonamides is 1. The SMILES string of the molecule is CCCS(=O)(=O)Nc1ccc(C(=O)N2CCN(C(C)c3c(F)ccc(F)c3F)C[C@H]2C)cc1.[HH]. The first-order chi connectivity index (χ1) is 15.5. The Kier molecular flexibility index (Phi) is 7.69. The van der Waals surface area contributed by atoms with Crippen LogP contribution in [-0.2, 0) is 10.0 Å². The van der Waals surface area contributed by atoms with Gasteiger partial charge < -0.3 is 4.90 Å². The summed E-state index contributed by atoms with van der Waals surface area (Å²) in [5, 5.41) is 0. The normalized spacial score (nSPS) is 18.2. The molecule has 1 aliphatic rings. The van der Waals surface area contributed by atoms with Gasteiger partial charge in [-0.2, -0.15) is 0 Å². The summed E-state index contributed by atoms with van der Waals surface area (Å²) in [5.74, 6) is -3.30. The molecule has 1 aliphatic heterocycles. The minimum atomic E-state index is -3.42. The molecule has 0 aliphatic carbocycles. The second-order valence-corrected chi connectivity index (χ2v) is 10.1. The number of halogens is 3. The number of piperazine rings is 1. The highest BCUT2D eigenvalue weighted by molar-refractivity contribution is 7.92. The molecule has 0 aromatic heterocycles. The number of anilines is 1. The molecule has 33 heavy (non-hydrogen) atoms. The van der Waals surface area contributed by atoms with Gasteiger partial charge in [-0.1, -0.05) is 6.92 Å². The van der Waals surface area contributed by atoms with Crippen molar-refractivity contribution in [1.82, 2.24) is 9.80 Å². The summed E-state index contributed by atoms with van der Waals surface area (Å²) in [6, 6.07) is 6.93. The average Bonchev–Trinajstić information content (AvgIpc) is 2.76. The van der Waals surface area contributed by atoms with Crippen LogP contribution in [0.1, 0.15) is 50.6 Å². The maximum Gasteiger partial charge on any atom is 0.254 e. The lowest BCUT2D eigenvalue weighted by atomic mass is 10.0. The fraction of sp³-hybridized carbons (Fsp3) is 0.435. The Morgan fingerprint density at radius 3 is 2.36 bits per heavy atom. The van der Waals surface area contributed by atoms with Crippen LogP contribution in [0.2, 0.25) is 0 Å². The number of nitrogens with one attached hydrogen (secondary N) is 1. The van der Waals surface area contributed by atoms with Crippen molar-refractivity contribution in [2.45, 2.75) is 39.3 Å². The van der Waals surface area contributed by atoms with Gasteiger partial charge in [0.05, 0.1) is 5.75 Å². The van der Waals surface area contributed by atoms with Gasteiger partial charge in [0.25, 0.3) is 5.91 Å². The lowest BCUT2D eigenvalue weighted by Crippen LogP contribution is -2.54. The number of amides is 1. The Morgan fingerprint density at radius 2 is 1.76 bits per heavy atom. The molecular formula is C23H30F3N3O3S. The van der Waals surface area contributed by atoms with E-state index in [1.54, 1.807) is 43.0 Å². The highest BCUT2D eigenvalue weighted by Gasteiger charge is 2.33. The molecule has 2 aromatic rings. The number of hydrogen-bond acceptors (Lipinski definition) is 4. The van der Waals surface area contributed by atoms with Crippen molar-refractivity contribution < 1.29 is 27.8 Å². The molecule has 182 valence electrons. The zero-order valence-corrected chi connectivity index (χ0v) is 19.6. The molecule has 2 aromatic carbocycles. The Bertz CT molecular complexity index is 1120. The van der Waals surface area contributed by atoms with Crippen molar-refractivity contribution in [2.24, 2.45) is 0 Å². The van der Waals surface area contributed by atoms with Crippen LogP contribution in [0.25, 0.3) is 0 Å². The zero-order valence-electron chi connectivity index (χ0n) is 18.8. The van der Waals surface area contributed by atoms with Crippen molar-refractivity contribution in [3.8, 4) is 0 Å². The van der Waals surface area contributed by atoms with E-state index >= 15 is 0 Å². The first-order valence-corrected chi connectivity index (χ1v) is 12.5. The van der Waals surface area contributed by atoms with Crippen molar-refractivity contribution in [2.75, 3.05) is 30.1 Å². The topological polar surface area (TPSA) is 69.7 Å². The number of rotatable bonds is 7. The van der Waals surface area contributed by atoms with E-state index in [0.717, 1.165) is 12.1 Å². The molecule has 3 rings (SSSR count). The van der Waals surface area contributed by atoms with E-state index in [1.165, 1.54) is 0 Å². The molecular weight excluding hydrogens is 455 g/mol. The van der Waals surface area contributed by atoms with Crippen LogP contribution in [0.3, 0.4) is 0 Å². The van der Waals surface area contributed by atoms with Crippen LogP contribution in [0.5, 0.6) is 0 Å². The molecule has 1 unspecified atom stereocenters. The third-order valence-corrected chi connectivity index (χ3v) is 7.34. The monoisotopic (exact) mass is 485 g/mol. The summed E-state index contributed by atoms with van der Waals surface area (Å²) < 4.78 is 68.3. The van der Waals surface area contributed by atoms with Crippen LogP contribution in [0.4, 0.5) is 18.9 Å². The molecule has 1 saturated heterocycles. The Hall–Kier alpha value is -2.59. The summed E-state index contributed by atoms with van der Waals surface area (Å²) in [6.45, 7) is 6.27. The van der Waals surface area contributed by atoms with Crippen molar-refractivity contribution in [3.63, 3.8) is 0 Å². The van der Waals surface area contributed by atoms with Gasteiger partial charge in [-0.15, -0.1) is 0 Å². The van der Waals surface area contributed by atoms with Gasteiger partial charge in [0, 0.05) is 50.0 Å². The lowest BCUT2D eigenvalue weighted by Gasteiger charge is -2.42. The van der Waals surface area contributed by atoms with Crippen molar-refractivity contribution in [1.29, 1.82) is 0 Å². The first kappa shape index (κ1) is 25.0. The summed E-state index contributed by atoms with van der Waals surface area (Å²) in [7, 11) is -3.42. The van der Waals surface area contributed by atoms with E-state index in [4.69, 9.17) is 0 Å². The van der Waals surface area contributed by atoms with Gasteiger partial charge in [-0.25, -0.2) is 21.6 Å². The standard InChI is InChI=1S/C23H28F3N3O3S.H2/c1-4-13-33(31,32)27-18-7-5-17(6-8-18)23(30)29-12-11-28(14-15(29)2)16(3)21-19(24)9-10-20(25)22(21)26;/h5-10,15-16,27H,4,11-14H2,1-3H3;1H/t15-,16?;/m1./s1. The molecule has 1 N–H and O–H groups in total. The maximum atomic E-state index is 14.2. The molecule has 2 atom stereocenters. The minimum absolute atomic E-state index is 0. The molecule has 1 amide bonds. The number of carbonyl (C=O) groups is 1. The zero-order chi connectivity index (χ0) is 24.3. The molecule has 6 nitrogen and oxygen atoms in total. The minimum Gasteiger partial charge on any atom is -0.333 e. The average molecular weight is 486 g/mol. The van der Waals surface area contributed by atoms with E-state index in [1.807, 2.05) is 11.8 Å². The quantitative estimate of drug-likeness (QED) is 0.590. The van der Waals surface area contributed by atoms with Gasteiger partial charge in [-0.05, 0) is 56.7 Å². The number of nitrogens with zero attached hydrogens (tertiary/aromatic N) is 2. The number of carbonyl (C=O) groups excluding carboxylic acids is 1. The van der Waals surface area contributed by atoms with Gasteiger partial charge in [0.1, 0.15) is 5.82 Å². The second-order valence-electron chi connectivity index (χ2n) is 8.27. The van der Waals surface area contributed by atoms with E-state index in [9.17, 15) is 26.4 Å². The highest BCUT2D eigenvalue weighted by Crippen LogP contribution is 2.29. The predicted octanol–water partition coefficient (Wildman–Crippen LogP) is 4.41. The fourth-order valence-electron chi connectivity index (χ4n) is 4.09. The van der Waals surface area contributed by atoms with E-state index in [2.05, 4.69) is 4.72 Å². The summed E-state index contributed by atoms with van der Waals surface area (Å²) >= 11 is 0. The summed E-state index contributed by atoms with van der Waals surface area (Å²) in [5.41, 5.74) is 0.470. The number of hydrogen-bond donors (Lipinski definition) is 1. The largest absolute Gasteiger partial charge is 0.333 e. The van der Waals surface area contributed by atoms with Crippen molar-refractivity contribution >= 4 is 21.6 Å². The smallest absolute Gasteiger partial charge is 0.254 e. The van der Waals surface area contributed by atoms with Gasteiger partial charge >= 0.3 is 0 Å². The number of benzene rings is 2. The molecule has 10 heteroatoms. The van der Waals surface area contributed by atoms with Crippen LogP contribution in [-0.4, -0.2) is 55.6 Å². The lowest BCUT2D eigenvalue weighted by molar-refractivity contribution is 0.0396. The van der Waals surface area contributed by atoms with Crippen LogP contribution < -0.4 is 4.72 Å². The van der Waals surface area contributed by atoms with Crippen LogP contribution >= 0.6 is 0 Å². The Balaban J connectivity index is 0.00000408. The molecule has 1 heterocycles. The molecule has 0 spiro atoms. The van der Waals surface area contributed by atoms with Crippen molar-refractivity contribution in [3.05, 3.63) is 65.0 Å². The van der Waals surface area contributed by atoms with E-state index in [-0.39, 0.29) is 24.7 Å². The molecule has 0 saturated carbocycles. The fourth-order valence-corrected chi connectivity index (χ4v) is 5.23. The molecule has 0 bridgehead atoms. The Morgan fingerprint density at radius 1 is 1.12 bits per heavy atom. The van der Waals surface area contributed by atoms with E-state index in [0.29, 0.717) is 37.3 Å². The van der Waals surface area contributed by atoms with Crippen LogP contribution in [0, 0.1) is 17.5 Å². The highest BCUT2D eigenvalue weighted by atomic mass is 32.2. The third kappa shape index (κ3) is 5.67. The van der Waals surface area contributed by atoms with Gasteiger partial charge in [0.15, 0.2) is 11.6 Å². The predicted molar refractivity (Wildman–Crippen MR) is 123 cm³/mol. The van der Waals surface area contributed by atoms with Gasteiger partial charge in [0.2, 0.25) is 10.0 Å². The Labute approximate surface area is 193 Å². The maximum absolute atomic E-state index is 14.2. The first-order valence-electron chi connectivity index (χ1n) is 10.8. The summed E-state index contributed by atoms with van der Waals surface area (Å²) in [4.78, 5) is 16.5. The third-order valence-electron chi connectivity index (χ3n) is 5.84. The summed E-state index contributed by atoms with van der Waals surface area (Å²) in [6.07, 6.45) is 0.493. The van der Waals surface area contributed by atoms with Crippen LogP contribution in [0.15, 0.2) is 36.4 Å². The molecule has 1 fully saturated rings. The van der Waals surface area contributed by atoms with Gasteiger partial charge in [-0.3, -0.25) is 14.4 Å². The second kappa shape index (κ2) is 10.1. The van der Waals surface area contributed by atoms with E-state index < -0.39 is 33.5 Å².